The average molecular weight is 208 g/mol. The van der Waals surface area contributed by atoms with E-state index in [4.69, 9.17) is 5.11 Å². The summed E-state index contributed by atoms with van der Waals surface area (Å²) >= 11 is 0. The van der Waals surface area contributed by atoms with Crippen LogP contribution in [0.2, 0.25) is 0 Å². The van der Waals surface area contributed by atoms with E-state index in [9.17, 15) is 4.79 Å². The molecule has 0 radical (unpaired) electrons. The number of anilines is 1. The van der Waals surface area contributed by atoms with Crippen LogP contribution in [0.1, 0.15) is 5.56 Å². The molecular formula is C11H16N2O2. The van der Waals surface area contributed by atoms with Crippen molar-refractivity contribution in [3.05, 3.63) is 29.8 Å². The zero-order valence-electron chi connectivity index (χ0n) is 8.95. The van der Waals surface area contributed by atoms with Gasteiger partial charge in [-0.25, -0.2) is 0 Å². The van der Waals surface area contributed by atoms with E-state index in [1.165, 1.54) is 0 Å². The van der Waals surface area contributed by atoms with Crippen molar-refractivity contribution in [2.45, 2.75) is 12.5 Å². The van der Waals surface area contributed by atoms with Gasteiger partial charge in [0.1, 0.15) is 6.04 Å². The third-order valence-electron chi connectivity index (χ3n) is 2.33. The summed E-state index contributed by atoms with van der Waals surface area (Å²) in [5.41, 5.74) is 2.03. The molecule has 0 spiro atoms. The van der Waals surface area contributed by atoms with Gasteiger partial charge < -0.3 is 15.7 Å². The third kappa shape index (κ3) is 3.25. The maximum absolute atomic E-state index is 10.8. The summed E-state index contributed by atoms with van der Waals surface area (Å²) in [7, 11) is 3.50. The Morgan fingerprint density at radius 2 is 1.93 bits per heavy atom. The fraction of sp³-hybridized carbons (Fsp3) is 0.364. The summed E-state index contributed by atoms with van der Waals surface area (Å²) in [6, 6.07) is 7.21. The summed E-state index contributed by atoms with van der Waals surface area (Å²) in [5.74, 6) is -0.824. The molecule has 1 aromatic rings. The normalized spacial score (nSPS) is 12.1. The third-order valence-corrected chi connectivity index (χ3v) is 2.33. The fourth-order valence-corrected chi connectivity index (χ4v) is 1.36. The molecule has 0 saturated heterocycles. The molecule has 0 unspecified atom stereocenters. The second-order valence-corrected chi connectivity index (χ2v) is 3.33. The Kier molecular flexibility index (Phi) is 4.12. The zero-order chi connectivity index (χ0) is 11.3. The molecule has 0 bridgehead atoms. The quantitative estimate of drug-likeness (QED) is 0.674. The molecule has 0 saturated carbocycles. The number of aliphatic carboxylic acids is 1. The molecule has 0 aliphatic heterocycles. The molecule has 1 rings (SSSR count). The number of nitrogens with one attached hydrogen (secondary N) is 2. The lowest BCUT2D eigenvalue weighted by atomic mass is 10.1. The van der Waals surface area contributed by atoms with Crippen LogP contribution in [0, 0.1) is 0 Å². The van der Waals surface area contributed by atoms with Crippen molar-refractivity contribution in [1.29, 1.82) is 0 Å². The SMILES string of the molecule is CNc1ccc(C[C@H](NC)C(=O)O)cc1. The highest BCUT2D eigenvalue weighted by Crippen LogP contribution is 2.10. The lowest BCUT2D eigenvalue weighted by molar-refractivity contribution is -0.139. The van der Waals surface area contributed by atoms with Gasteiger partial charge in [0.25, 0.3) is 0 Å². The van der Waals surface area contributed by atoms with E-state index in [1.807, 2.05) is 31.3 Å². The first-order chi connectivity index (χ1) is 7.17. The predicted molar refractivity (Wildman–Crippen MR) is 60.2 cm³/mol. The molecule has 0 aliphatic carbocycles. The van der Waals surface area contributed by atoms with Crippen LogP contribution in [-0.4, -0.2) is 31.2 Å². The Morgan fingerprint density at radius 1 is 1.33 bits per heavy atom. The topological polar surface area (TPSA) is 61.4 Å². The number of carboxylic acid groups (broad SMARTS) is 1. The van der Waals surface area contributed by atoms with Crippen molar-refractivity contribution in [2.75, 3.05) is 19.4 Å². The number of hydrogen-bond donors (Lipinski definition) is 3. The minimum atomic E-state index is -0.824. The van der Waals surface area contributed by atoms with Crippen LogP contribution in [0.4, 0.5) is 5.69 Å². The Morgan fingerprint density at radius 3 is 2.33 bits per heavy atom. The number of carboxylic acids is 1. The fourth-order valence-electron chi connectivity index (χ4n) is 1.36. The molecule has 0 aliphatic rings. The van der Waals surface area contributed by atoms with Crippen molar-refractivity contribution >= 4 is 11.7 Å². The van der Waals surface area contributed by atoms with E-state index < -0.39 is 12.0 Å². The van der Waals surface area contributed by atoms with Crippen molar-refractivity contribution in [3.63, 3.8) is 0 Å². The first-order valence-corrected chi connectivity index (χ1v) is 4.84. The Bertz CT molecular complexity index is 322. The van der Waals surface area contributed by atoms with E-state index >= 15 is 0 Å². The lowest BCUT2D eigenvalue weighted by Gasteiger charge is -2.11. The van der Waals surface area contributed by atoms with Crippen LogP contribution in [0.5, 0.6) is 0 Å². The summed E-state index contributed by atoms with van der Waals surface area (Å²) < 4.78 is 0. The second-order valence-electron chi connectivity index (χ2n) is 3.33. The lowest BCUT2D eigenvalue weighted by Crippen LogP contribution is -2.35. The molecule has 15 heavy (non-hydrogen) atoms. The molecule has 82 valence electrons. The van der Waals surface area contributed by atoms with Crippen LogP contribution in [0.15, 0.2) is 24.3 Å². The number of carbonyl (C=O) groups is 1. The van der Waals surface area contributed by atoms with E-state index in [2.05, 4.69) is 10.6 Å². The van der Waals surface area contributed by atoms with E-state index in [0.717, 1.165) is 11.3 Å². The largest absolute Gasteiger partial charge is 0.480 e. The Balaban J connectivity index is 2.67. The molecule has 0 aromatic heterocycles. The van der Waals surface area contributed by atoms with Gasteiger partial charge in [-0.2, -0.15) is 0 Å². The first-order valence-electron chi connectivity index (χ1n) is 4.84. The molecule has 3 N–H and O–H groups in total. The van der Waals surface area contributed by atoms with Crippen molar-refractivity contribution < 1.29 is 9.90 Å². The standard InChI is InChI=1S/C11H16N2O2/c1-12-9-5-3-8(4-6-9)7-10(13-2)11(14)15/h3-6,10,12-13H,7H2,1-2H3,(H,14,15)/t10-/m0/s1. The minimum absolute atomic E-state index is 0.496. The van der Waals surface area contributed by atoms with Crippen LogP contribution in [0.25, 0.3) is 0 Å². The number of likely N-dealkylation sites (N-methyl/N-ethyl adjacent to an activating group) is 1. The van der Waals surface area contributed by atoms with Gasteiger partial charge in [-0.1, -0.05) is 12.1 Å². The van der Waals surface area contributed by atoms with Crippen LogP contribution < -0.4 is 10.6 Å². The Hall–Kier alpha value is -1.55. The van der Waals surface area contributed by atoms with Gasteiger partial charge in [-0.3, -0.25) is 4.79 Å². The van der Waals surface area contributed by atoms with Gasteiger partial charge in [0.2, 0.25) is 0 Å². The number of benzene rings is 1. The second kappa shape index (κ2) is 5.36. The van der Waals surface area contributed by atoms with Crippen LogP contribution in [-0.2, 0) is 11.2 Å². The Labute approximate surface area is 89.3 Å². The molecule has 4 nitrogen and oxygen atoms in total. The highest BCUT2D eigenvalue weighted by Gasteiger charge is 2.14. The smallest absolute Gasteiger partial charge is 0.321 e. The van der Waals surface area contributed by atoms with Gasteiger partial charge in [0, 0.05) is 12.7 Å². The van der Waals surface area contributed by atoms with Gasteiger partial charge >= 0.3 is 5.97 Å². The van der Waals surface area contributed by atoms with E-state index in [0.29, 0.717) is 6.42 Å². The average Bonchev–Trinajstić information content (AvgIpc) is 2.26. The highest BCUT2D eigenvalue weighted by molar-refractivity contribution is 5.73. The van der Waals surface area contributed by atoms with Gasteiger partial charge in [-0.05, 0) is 31.2 Å². The summed E-state index contributed by atoms with van der Waals surface area (Å²) in [4.78, 5) is 10.8. The van der Waals surface area contributed by atoms with Crippen LogP contribution >= 0.6 is 0 Å². The predicted octanol–water partition coefficient (Wildman–Crippen LogP) is 0.943. The number of hydrogen-bond acceptors (Lipinski definition) is 3. The van der Waals surface area contributed by atoms with Crippen LogP contribution in [0.3, 0.4) is 0 Å². The molecule has 0 amide bonds. The monoisotopic (exact) mass is 208 g/mol. The van der Waals surface area contributed by atoms with E-state index in [-0.39, 0.29) is 0 Å². The minimum Gasteiger partial charge on any atom is -0.480 e. The summed E-state index contributed by atoms with van der Waals surface area (Å²) in [6.07, 6.45) is 0.496. The van der Waals surface area contributed by atoms with Gasteiger partial charge in [-0.15, -0.1) is 0 Å². The number of rotatable bonds is 5. The van der Waals surface area contributed by atoms with Crippen molar-refractivity contribution in [1.82, 2.24) is 5.32 Å². The van der Waals surface area contributed by atoms with E-state index in [1.54, 1.807) is 7.05 Å². The molecule has 1 aromatic carbocycles. The van der Waals surface area contributed by atoms with Gasteiger partial charge in [0.05, 0.1) is 0 Å². The van der Waals surface area contributed by atoms with Gasteiger partial charge in [0.15, 0.2) is 0 Å². The molecule has 0 heterocycles. The maximum Gasteiger partial charge on any atom is 0.321 e. The molecule has 1 atom stereocenters. The summed E-state index contributed by atoms with van der Waals surface area (Å²) in [6.45, 7) is 0. The molecule has 0 fully saturated rings. The van der Waals surface area contributed by atoms with Crippen molar-refractivity contribution in [2.24, 2.45) is 0 Å². The molecular weight excluding hydrogens is 192 g/mol. The first kappa shape index (κ1) is 11.5. The summed E-state index contributed by atoms with van der Waals surface area (Å²) in [5, 5.41) is 14.6. The van der Waals surface area contributed by atoms with Crippen molar-refractivity contribution in [3.8, 4) is 0 Å². The zero-order valence-corrected chi connectivity index (χ0v) is 8.95. The maximum atomic E-state index is 10.8. The highest BCUT2D eigenvalue weighted by atomic mass is 16.4. The molecule has 4 heteroatoms.